The average molecular weight is 247 g/mol. The van der Waals surface area contributed by atoms with Gasteiger partial charge in [0.2, 0.25) is 0 Å². The Hall–Kier alpha value is -1.61. The van der Waals surface area contributed by atoms with Gasteiger partial charge in [0.25, 0.3) is 0 Å². The van der Waals surface area contributed by atoms with E-state index in [1.807, 2.05) is 25.1 Å². The van der Waals surface area contributed by atoms with Crippen LogP contribution >= 0.6 is 0 Å². The van der Waals surface area contributed by atoms with Gasteiger partial charge in [-0.2, -0.15) is 0 Å². The van der Waals surface area contributed by atoms with E-state index >= 15 is 0 Å². The first-order chi connectivity index (χ1) is 8.69. The molecular weight excluding hydrogens is 229 g/mol. The van der Waals surface area contributed by atoms with Gasteiger partial charge in [-0.25, -0.2) is 4.39 Å². The lowest BCUT2D eigenvalue weighted by Gasteiger charge is -2.01. The van der Waals surface area contributed by atoms with Crippen molar-refractivity contribution in [3.05, 3.63) is 47.5 Å². The third-order valence-corrected chi connectivity index (χ3v) is 2.71. The molecule has 0 fully saturated rings. The SMILES string of the molecule is CCCNCc1ccc(-c2cc(C)cc(F)c2)o1. The molecule has 0 saturated carbocycles. The van der Waals surface area contributed by atoms with Crippen molar-refractivity contribution in [3.8, 4) is 11.3 Å². The molecule has 2 nitrogen and oxygen atoms in total. The van der Waals surface area contributed by atoms with Crippen molar-refractivity contribution in [2.24, 2.45) is 0 Å². The van der Waals surface area contributed by atoms with E-state index in [9.17, 15) is 4.39 Å². The molecule has 0 aliphatic heterocycles. The first kappa shape index (κ1) is 12.8. The molecule has 3 heteroatoms. The molecule has 2 rings (SSSR count). The van der Waals surface area contributed by atoms with Crippen LogP contribution in [0, 0.1) is 12.7 Å². The fraction of sp³-hybridized carbons (Fsp3) is 0.333. The number of benzene rings is 1. The molecule has 0 aliphatic rings. The van der Waals surface area contributed by atoms with E-state index in [2.05, 4.69) is 12.2 Å². The summed E-state index contributed by atoms with van der Waals surface area (Å²) in [5.74, 6) is 1.36. The molecule has 2 aromatic rings. The number of rotatable bonds is 5. The van der Waals surface area contributed by atoms with Crippen molar-refractivity contribution in [1.82, 2.24) is 5.32 Å². The predicted molar refractivity (Wildman–Crippen MR) is 70.8 cm³/mol. The fourth-order valence-electron chi connectivity index (χ4n) is 1.90. The van der Waals surface area contributed by atoms with Crippen LogP contribution in [-0.4, -0.2) is 6.54 Å². The molecule has 0 unspecified atom stereocenters. The van der Waals surface area contributed by atoms with Gasteiger partial charge in [0.05, 0.1) is 6.54 Å². The molecule has 0 bridgehead atoms. The number of hydrogen-bond donors (Lipinski definition) is 1. The van der Waals surface area contributed by atoms with Crippen LogP contribution in [-0.2, 0) is 6.54 Å². The van der Waals surface area contributed by atoms with Gasteiger partial charge in [-0.15, -0.1) is 0 Å². The molecule has 0 aliphatic carbocycles. The summed E-state index contributed by atoms with van der Waals surface area (Å²) in [6.07, 6.45) is 1.09. The molecule has 0 amide bonds. The second kappa shape index (κ2) is 5.83. The first-order valence-electron chi connectivity index (χ1n) is 6.26. The highest BCUT2D eigenvalue weighted by Crippen LogP contribution is 2.24. The Labute approximate surface area is 107 Å². The Kier molecular flexibility index (Phi) is 4.15. The van der Waals surface area contributed by atoms with Crippen LogP contribution in [0.2, 0.25) is 0 Å². The number of halogens is 1. The van der Waals surface area contributed by atoms with Crippen molar-refractivity contribution in [1.29, 1.82) is 0 Å². The maximum Gasteiger partial charge on any atom is 0.134 e. The third-order valence-electron chi connectivity index (χ3n) is 2.71. The quantitative estimate of drug-likeness (QED) is 0.811. The lowest BCUT2D eigenvalue weighted by molar-refractivity contribution is 0.493. The highest BCUT2D eigenvalue weighted by Gasteiger charge is 2.06. The van der Waals surface area contributed by atoms with Crippen LogP contribution in [0.25, 0.3) is 11.3 Å². The molecule has 1 heterocycles. The number of hydrogen-bond acceptors (Lipinski definition) is 2. The van der Waals surface area contributed by atoms with Crippen molar-refractivity contribution >= 4 is 0 Å². The van der Waals surface area contributed by atoms with E-state index in [4.69, 9.17) is 4.42 Å². The van der Waals surface area contributed by atoms with Crippen LogP contribution in [0.5, 0.6) is 0 Å². The molecule has 1 aromatic carbocycles. The van der Waals surface area contributed by atoms with Crippen LogP contribution in [0.1, 0.15) is 24.7 Å². The predicted octanol–water partition coefficient (Wildman–Crippen LogP) is 3.89. The average Bonchev–Trinajstić information content (AvgIpc) is 2.77. The molecule has 0 radical (unpaired) electrons. The zero-order chi connectivity index (χ0) is 13.0. The molecule has 1 N–H and O–H groups in total. The van der Waals surface area contributed by atoms with Crippen LogP contribution < -0.4 is 5.32 Å². The van der Waals surface area contributed by atoms with Crippen LogP contribution in [0.15, 0.2) is 34.7 Å². The van der Waals surface area contributed by atoms with Crippen molar-refractivity contribution in [3.63, 3.8) is 0 Å². The Morgan fingerprint density at radius 1 is 1.22 bits per heavy atom. The Bertz CT molecular complexity index is 499. The lowest BCUT2D eigenvalue weighted by Crippen LogP contribution is -2.12. The highest BCUT2D eigenvalue weighted by atomic mass is 19.1. The molecular formula is C15H18FNO. The molecule has 18 heavy (non-hydrogen) atoms. The second-order valence-electron chi connectivity index (χ2n) is 4.46. The minimum atomic E-state index is -0.230. The standard InChI is InChI=1S/C15H18FNO/c1-3-6-17-10-14-4-5-15(18-14)12-7-11(2)8-13(16)9-12/h4-5,7-9,17H,3,6,10H2,1-2H3. The number of nitrogens with one attached hydrogen (secondary N) is 1. The summed E-state index contributed by atoms with van der Waals surface area (Å²) in [5, 5.41) is 3.27. The van der Waals surface area contributed by atoms with E-state index in [0.29, 0.717) is 12.3 Å². The first-order valence-corrected chi connectivity index (χ1v) is 6.26. The Morgan fingerprint density at radius 3 is 2.78 bits per heavy atom. The minimum Gasteiger partial charge on any atom is -0.460 e. The molecule has 0 spiro atoms. The fourth-order valence-corrected chi connectivity index (χ4v) is 1.90. The van der Waals surface area contributed by atoms with Crippen LogP contribution in [0.4, 0.5) is 4.39 Å². The van der Waals surface area contributed by atoms with Crippen molar-refractivity contribution in [2.45, 2.75) is 26.8 Å². The Balaban J connectivity index is 2.13. The zero-order valence-corrected chi connectivity index (χ0v) is 10.8. The number of furan rings is 1. The van der Waals surface area contributed by atoms with Gasteiger partial charge in [-0.3, -0.25) is 0 Å². The maximum atomic E-state index is 13.3. The van der Waals surface area contributed by atoms with Crippen molar-refractivity contribution in [2.75, 3.05) is 6.54 Å². The molecule has 0 atom stereocenters. The summed E-state index contributed by atoms with van der Waals surface area (Å²) in [6, 6.07) is 8.74. The summed E-state index contributed by atoms with van der Waals surface area (Å²) < 4.78 is 19.0. The smallest absolute Gasteiger partial charge is 0.134 e. The van der Waals surface area contributed by atoms with Gasteiger partial charge in [0.1, 0.15) is 17.3 Å². The Morgan fingerprint density at radius 2 is 2.06 bits per heavy atom. The van der Waals surface area contributed by atoms with E-state index in [1.165, 1.54) is 12.1 Å². The topological polar surface area (TPSA) is 25.2 Å². The van der Waals surface area contributed by atoms with E-state index in [1.54, 1.807) is 0 Å². The van der Waals surface area contributed by atoms with E-state index in [-0.39, 0.29) is 5.82 Å². The molecule has 96 valence electrons. The summed E-state index contributed by atoms with van der Waals surface area (Å²) in [6.45, 7) is 5.67. The summed E-state index contributed by atoms with van der Waals surface area (Å²) in [4.78, 5) is 0. The van der Waals surface area contributed by atoms with Crippen LogP contribution in [0.3, 0.4) is 0 Å². The largest absolute Gasteiger partial charge is 0.460 e. The van der Waals surface area contributed by atoms with Gasteiger partial charge in [-0.1, -0.05) is 6.92 Å². The minimum absolute atomic E-state index is 0.230. The lowest BCUT2D eigenvalue weighted by atomic mass is 10.1. The third kappa shape index (κ3) is 3.20. The zero-order valence-electron chi connectivity index (χ0n) is 10.8. The van der Waals surface area contributed by atoms with Gasteiger partial charge in [0, 0.05) is 5.56 Å². The molecule has 1 aromatic heterocycles. The summed E-state index contributed by atoms with van der Waals surface area (Å²) >= 11 is 0. The summed E-state index contributed by atoms with van der Waals surface area (Å²) in [7, 11) is 0. The van der Waals surface area contributed by atoms with E-state index < -0.39 is 0 Å². The van der Waals surface area contributed by atoms with E-state index in [0.717, 1.165) is 29.9 Å². The van der Waals surface area contributed by atoms with Gasteiger partial charge >= 0.3 is 0 Å². The maximum absolute atomic E-state index is 13.3. The number of aryl methyl sites for hydroxylation is 1. The normalized spacial score (nSPS) is 10.8. The van der Waals surface area contributed by atoms with Gasteiger partial charge < -0.3 is 9.73 Å². The van der Waals surface area contributed by atoms with Gasteiger partial charge in [0.15, 0.2) is 0 Å². The van der Waals surface area contributed by atoms with Gasteiger partial charge in [-0.05, 0) is 55.8 Å². The highest BCUT2D eigenvalue weighted by molar-refractivity contribution is 5.58. The summed E-state index contributed by atoms with van der Waals surface area (Å²) in [5.41, 5.74) is 1.68. The second-order valence-corrected chi connectivity index (χ2v) is 4.46. The molecule has 0 saturated heterocycles. The van der Waals surface area contributed by atoms with Crippen molar-refractivity contribution < 1.29 is 8.81 Å². The monoisotopic (exact) mass is 247 g/mol.